The van der Waals surface area contributed by atoms with Crippen LogP contribution in [0.5, 0.6) is 0 Å². The molecule has 1 aromatic carbocycles. The standard InChI is InChI=1S/C16H20N2O5/c1-11(2)12(3)17-15(19)10-23-16(20)9-8-13-6-4-5-7-14(13)18(21)22/h4-9,11-12H,10H2,1-3H3,(H,17,19)/b9-8+/t12-/m1/s1. The van der Waals surface area contributed by atoms with E-state index < -0.39 is 23.4 Å². The van der Waals surface area contributed by atoms with E-state index in [0.717, 1.165) is 6.08 Å². The first-order chi connectivity index (χ1) is 10.8. The van der Waals surface area contributed by atoms with Crippen molar-refractivity contribution >= 4 is 23.6 Å². The number of esters is 1. The van der Waals surface area contributed by atoms with Crippen molar-refractivity contribution in [3.8, 4) is 0 Å². The molecular formula is C16H20N2O5. The number of para-hydroxylation sites is 1. The molecule has 23 heavy (non-hydrogen) atoms. The molecule has 0 fully saturated rings. The maximum atomic E-state index is 11.6. The van der Waals surface area contributed by atoms with Crippen LogP contribution >= 0.6 is 0 Å². The lowest BCUT2D eigenvalue weighted by Gasteiger charge is -2.16. The van der Waals surface area contributed by atoms with E-state index in [1.54, 1.807) is 6.07 Å². The monoisotopic (exact) mass is 320 g/mol. The number of nitro benzene ring substituents is 1. The molecule has 0 bridgehead atoms. The maximum Gasteiger partial charge on any atom is 0.331 e. The fraction of sp³-hybridized carbons (Fsp3) is 0.375. The summed E-state index contributed by atoms with van der Waals surface area (Å²) in [5, 5.41) is 13.5. The highest BCUT2D eigenvalue weighted by Gasteiger charge is 2.13. The molecular weight excluding hydrogens is 300 g/mol. The van der Waals surface area contributed by atoms with E-state index in [2.05, 4.69) is 5.32 Å². The lowest BCUT2D eigenvalue weighted by Crippen LogP contribution is -2.38. The lowest BCUT2D eigenvalue weighted by atomic mass is 10.1. The van der Waals surface area contributed by atoms with Crippen molar-refractivity contribution in [2.75, 3.05) is 6.61 Å². The molecule has 0 aromatic heterocycles. The Labute approximate surface area is 134 Å². The van der Waals surface area contributed by atoms with Gasteiger partial charge in [0.05, 0.1) is 10.5 Å². The molecule has 1 rings (SSSR count). The van der Waals surface area contributed by atoms with Crippen molar-refractivity contribution in [3.05, 3.63) is 46.0 Å². The first-order valence-electron chi connectivity index (χ1n) is 7.19. The molecule has 0 heterocycles. The van der Waals surface area contributed by atoms with Crippen LogP contribution in [0, 0.1) is 16.0 Å². The van der Waals surface area contributed by atoms with Crippen molar-refractivity contribution in [3.63, 3.8) is 0 Å². The molecule has 0 unspecified atom stereocenters. The Balaban J connectivity index is 2.54. The Morgan fingerprint density at radius 2 is 1.96 bits per heavy atom. The normalized spacial score (nSPS) is 12.2. The molecule has 1 amide bonds. The predicted molar refractivity (Wildman–Crippen MR) is 85.5 cm³/mol. The van der Waals surface area contributed by atoms with Crippen molar-refractivity contribution in [2.24, 2.45) is 5.92 Å². The summed E-state index contributed by atoms with van der Waals surface area (Å²) in [5.74, 6) is -0.859. The minimum atomic E-state index is -0.740. The molecule has 0 spiro atoms. The summed E-state index contributed by atoms with van der Waals surface area (Å²) in [6.45, 7) is 5.40. The summed E-state index contributed by atoms with van der Waals surface area (Å²) in [5.41, 5.74) is 0.174. The number of rotatable bonds is 7. The van der Waals surface area contributed by atoms with Crippen molar-refractivity contribution < 1.29 is 19.2 Å². The molecule has 7 heteroatoms. The second kappa shape index (κ2) is 8.67. The molecule has 0 aliphatic heterocycles. The molecule has 124 valence electrons. The third-order valence-electron chi connectivity index (χ3n) is 3.27. The highest BCUT2D eigenvalue weighted by Crippen LogP contribution is 2.18. The van der Waals surface area contributed by atoms with Gasteiger partial charge < -0.3 is 10.1 Å². The topological polar surface area (TPSA) is 98.5 Å². The van der Waals surface area contributed by atoms with Crippen LogP contribution in [0.1, 0.15) is 26.3 Å². The Bertz CT molecular complexity index is 610. The number of nitrogens with one attached hydrogen (secondary N) is 1. The summed E-state index contributed by atoms with van der Waals surface area (Å²) >= 11 is 0. The minimum absolute atomic E-state index is 0.0243. The van der Waals surface area contributed by atoms with Crippen LogP contribution in [0.15, 0.2) is 30.3 Å². The maximum absolute atomic E-state index is 11.6. The third-order valence-corrected chi connectivity index (χ3v) is 3.27. The van der Waals surface area contributed by atoms with Crippen LogP contribution in [0.2, 0.25) is 0 Å². The summed E-state index contributed by atoms with van der Waals surface area (Å²) in [4.78, 5) is 33.4. The van der Waals surface area contributed by atoms with Crippen LogP contribution < -0.4 is 5.32 Å². The average molecular weight is 320 g/mol. The molecule has 0 saturated carbocycles. The zero-order valence-corrected chi connectivity index (χ0v) is 13.3. The van der Waals surface area contributed by atoms with Gasteiger partial charge in [-0.3, -0.25) is 14.9 Å². The molecule has 7 nitrogen and oxygen atoms in total. The van der Waals surface area contributed by atoms with Crippen LogP contribution in [0.4, 0.5) is 5.69 Å². The van der Waals surface area contributed by atoms with Gasteiger partial charge in [0, 0.05) is 18.2 Å². The zero-order valence-electron chi connectivity index (χ0n) is 13.3. The Hall–Kier alpha value is -2.70. The van der Waals surface area contributed by atoms with Gasteiger partial charge in [-0.25, -0.2) is 4.79 Å². The number of carbonyl (C=O) groups is 2. The molecule has 0 aliphatic carbocycles. The van der Waals surface area contributed by atoms with Gasteiger partial charge in [-0.1, -0.05) is 26.0 Å². The Morgan fingerprint density at radius 3 is 2.57 bits per heavy atom. The lowest BCUT2D eigenvalue weighted by molar-refractivity contribution is -0.385. The summed E-state index contributed by atoms with van der Waals surface area (Å²) in [6.07, 6.45) is 2.34. The summed E-state index contributed by atoms with van der Waals surface area (Å²) in [7, 11) is 0. The van der Waals surface area contributed by atoms with Crippen LogP contribution in [-0.2, 0) is 14.3 Å². The number of carbonyl (C=O) groups excluding carboxylic acids is 2. The quantitative estimate of drug-likeness (QED) is 0.360. The van der Waals surface area contributed by atoms with E-state index >= 15 is 0 Å². The second-order valence-corrected chi connectivity index (χ2v) is 5.36. The first kappa shape index (κ1) is 18.3. The van der Waals surface area contributed by atoms with Crippen LogP contribution in [-0.4, -0.2) is 29.4 Å². The second-order valence-electron chi connectivity index (χ2n) is 5.36. The molecule has 0 aliphatic rings. The van der Waals surface area contributed by atoms with Crippen LogP contribution in [0.3, 0.4) is 0 Å². The summed E-state index contributed by atoms with van der Waals surface area (Å²) < 4.78 is 4.80. The molecule has 1 aromatic rings. The smallest absolute Gasteiger partial charge is 0.331 e. The third kappa shape index (κ3) is 6.29. The largest absolute Gasteiger partial charge is 0.452 e. The van der Waals surface area contributed by atoms with E-state index in [-0.39, 0.29) is 23.2 Å². The number of amides is 1. The van der Waals surface area contributed by atoms with Gasteiger partial charge in [-0.15, -0.1) is 0 Å². The van der Waals surface area contributed by atoms with Crippen LogP contribution in [0.25, 0.3) is 6.08 Å². The van der Waals surface area contributed by atoms with E-state index in [1.165, 1.54) is 24.3 Å². The highest BCUT2D eigenvalue weighted by atomic mass is 16.6. The molecule has 1 atom stereocenters. The summed E-state index contributed by atoms with van der Waals surface area (Å²) in [6, 6.07) is 5.99. The fourth-order valence-electron chi connectivity index (χ4n) is 1.60. The van der Waals surface area contributed by atoms with E-state index in [9.17, 15) is 19.7 Å². The van der Waals surface area contributed by atoms with Crippen molar-refractivity contribution in [1.29, 1.82) is 0 Å². The van der Waals surface area contributed by atoms with E-state index in [1.807, 2.05) is 20.8 Å². The van der Waals surface area contributed by atoms with Crippen molar-refractivity contribution in [2.45, 2.75) is 26.8 Å². The Kier molecular flexibility index (Phi) is 6.92. The number of hydrogen-bond donors (Lipinski definition) is 1. The van der Waals surface area contributed by atoms with Crippen molar-refractivity contribution in [1.82, 2.24) is 5.32 Å². The molecule has 1 N–H and O–H groups in total. The molecule has 0 radical (unpaired) electrons. The number of ether oxygens (including phenoxy) is 1. The number of nitrogens with zero attached hydrogens (tertiary/aromatic N) is 1. The SMILES string of the molecule is CC(C)[C@@H](C)NC(=O)COC(=O)/C=C/c1ccccc1[N+](=O)[O-]. The van der Waals surface area contributed by atoms with E-state index in [0.29, 0.717) is 0 Å². The average Bonchev–Trinajstić information content (AvgIpc) is 2.50. The molecule has 0 saturated heterocycles. The predicted octanol–water partition coefficient (Wildman–Crippen LogP) is 2.31. The first-order valence-corrected chi connectivity index (χ1v) is 7.19. The van der Waals surface area contributed by atoms with E-state index in [4.69, 9.17) is 4.74 Å². The van der Waals surface area contributed by atoms with Gasteiger partial charge in [0.15, 0.2) is 6.61 Å². The number of benzene rings is 1. The van der Waals surface area contributed by atoms with Gasteiger partial charge in [-0.05, 0) is 25.0 Å². The van der Waals surface area contributed by atoms with Gasteiger partial charge in [-0.2, -0.15) is 0 Å². The van der Waals surface area contributed by atoms with Gasteiger partial charge in [0.25, 0.3) is 11.6 Å². The highest BCUT2D eigenvalue weighted by molar-refractivity contribution is 5.89. The minimum Gasteiger partial charge on any atom is -0.452 e. The number of nitro groups is 1. The Morgan fingerprint density at radius 1 is 1.30 bits per heavy atom. The van der Waals surface area contributed by atoms with Gasteiger partial charge in [0.2, 0.25) is 0 Å². The zero-order chi connectivity index (χ0) is 17.4. The number of hydrogen-bond acceptors (Lipinski definition) is 5. The fourth-order valence-corrected chi connectivity index (χ4v) is 1.60. The van der Waals surface area contributed by atoms with Gasteiger partial charge >= 0.3 is 5.97 Å². The van der Waals surface area contributed by atoms with Gasteiger partial charge in [0.1, 0.15) is 0 Å².